The third-order valence-electron chi connectivity index (χ3n) is 5.38. The van der Waals surface area contributed by atoms with Crippen molar-refractivity contribution >= 4 is 16.8 Å². The van der Waals surface area contributed by atoms with Gasteiger partial charge in [-0.05, 0) is 37.2 Å². The molecule has 1 aromatic heterocycles. The summed E-state index contributed by atoms with van der Waals surface area (Å²) in [5.74, 6) is 1.26. The largest absolute Gasteiger partial charge is 0.464 e. The molecule has 1 aliphatic heterocycles. The van der Waals surface area contributed by atoms with Crippen molar-refractivity contribution < 1.29 is 14.4 Å². The Morgan fingerprint density at radius 1 is 1.27 bits per heavy atom. The van der Waals surface area contributed by atoms with Crippen molar-refractivity contribution in [2.24, 2.45) is 22.7 Å². The zero-order valence-corrected chi connectivity index (χ0v) is 12.4. The molecular weight excluding hydrogens is 280 g/mol. The molecule has 0 spiro atoms. The third kappa shape index (κ3) is 1.85. The Morgan fingerprint density at radius 3 is 2.82 bits per heavy atom. The lowest BCUT2D eigenvalue weighted by Gasteiger charge is -2.25. The van der Waals surface area contributed by atoms with E-state index in [1.165, 1.54) is 0 Å². The first kappa shape index (κ1) is 13.6. The Balaban J connectivity index is 1.77. The van der Waals surface area contributed by atoms with E-state index in [9.17, 15) is 5.21 Å². The molecule has 116 valence electrons. The zero-order valence-electron chi connectivity index (χ0n) is 12.4. The lowest BCUT2D eigenvalue weighted by atomic mass is 9.84. The van der Waals surface area contributed by atoms with Gasteiger partial charge in [-0.3, -0.25) is 0 Å². The summed E-state index contributed by atoms with van der Waals surface area (Å²) >= 11 is 0. The summed E-state index contributed by atoms with van der Waals surface area (Å²) in [6, 6.07) is 7.94. The number of amidine groups is 1. The van der Waals surface area contributed by atoms with Gasteiger partial charge in [0.25, 0.3) is 0 Å². The number of fused-ring (bicyclic) bond motifs is 1. The average molecular weight is 300 g/mol. The summed E-state index contributed by atoms with van der Waals surface area (Å²) < 4.78 is 11.2. The van der Waals surface area contributed by atoms with E-state index in [2.05, 4.69) is 5.16 Å². The number of para-hydroxylation sites is 1. The zero-order chi connectivity index (χ0) is 15.2. The Kier molecular flexibility index (Phi) is 3.11. The van der Waals surface area contributed by atoms with Crippen LogP contribution in [0.1, 0.15) is 24.8 Å². The van der Waals surface area contributed by atoms with Gasteiger partial charge >= 0.3 is 0 Å². The maximum atomic E-state index is 9.31. The van der Waals surface area contributed by atoms with Crippen LogP contribution in [0.15, 0.2) is 40.1 Å². The SMILES string of the molecule is NC(=NO)C1(c2coc3ccccc23)CC1C1CCOCC1. The molecule has 4 rings (SSSR count). The van der Waals surface area contributed by atoms with Gasteiger partial charge in [-0.25, -0.2) is 0 Å². The number of nitrogens with two attached hydrogens (primary N) is 1. The molecular formula is C17H20N2O3. The smallest absolute Gasteiger partial charge is 0.150 e. The fourth-order valence-electron chi connectivity index (χ4n) is 4.13. The van der Waals surface area contributed by atoms with E-state index in [-0.39, 0.29) is 5.41 Å². The lowest BCUT2D eigenvalue weighted by Crippen LogP contribution is -2.33. The summed E-state index contributed by atoms with van der Waals surface area (Å²) in [7, 11) is 0. The Morgan fingerprint density at radius 2 is 2.05 bits per heavy atom. The summed E-state index contributed by atoms with van der Waals surface area (Å²) in [6.45, 7) is 1.61. The predicted octanol–water partition coefficient (Wildman–Crippen LogP) is 2.86. The van der Waals surface area contributed by atoms with Crippen molar-refractivity contribution in [3.05, 3.63) is 36.1 Å². The van der Waals surface area contributed by atoms with E-state index in [4.69, 9.17) is 14.9 Å². The highest BCUT2D eigenvalue weighted by Gasteiger charge is 2.62. The molecule has 1 saturated heterocycles. The molecule has 0 radical (unpaired) electrons. The van der Waals surface area contributed by atoms with Crippen molar-refractivity contribution in [1.29, 1.82) is 0 Å². The molecule has 1 aliphatic carbocycles. The van der Waals surface area contributed by atoms with E-state index < -0.39 is 0 Å². The topological polar surface area (TPSA) is 81.0 Å². The van der Waals surface area contributed by atoms with Crippen LogP contribution in [0.4, 0.5) is 0 Å². The minimum atomic E-state index is -0.386. The second-order valence-electron chi connectivity index (χ2n) is 6.36. The number of benzene rings is 1. The van der Waals surface area contributed by atoms with Gasteiger partial charge in [-0.1, -0.05) is 23.4 Å². The number of nitrogens with zero attached hydrogens (tertiary/aromatic N) is 1. The molecule has 2 atom stereocenters. The second kappa shape index (κ2) is 5.02. The number of ether oxygens (including phenoxy) is 1. The number of hydrogen-bond acceptors (Lipinski definition) is 4. The molecule has 2 fully saturated rings. The number of hydrogen-bond donors (Lipinski definition) is 2. The molecule has 0 bridgehead atoms. The molecule has 2 aliphatic rings. The summed E-state index contributed by atoms with van der Waals surface area (Å²) in [6.07, 6.45) is 4.78. The van der Waals surface area contributed by atoms with Gasteiger partial charge in [0.15, 0.2) is 0 Å². The van der Waals surface area contributed by atoms with Crippen LogP contribution in [0, 0.1) is 11.8 Å². The van der Waals surface area contributed by atoms with Crippen LogP contribution in [0.25, 0.3) is 11.0 Å². The van der Waals surface area contributed by atoms with E-state index in [1.807, 2.05) is 24.3 Å². The van der Waals surface area contributed by atoms with Crippen molar-refractivity contribution in [2.45, 2.75) is 24.7 Å². The second-order valence-corrected chi connectivity index (χ2v) is 6.36. The van der Waals surface area contributed by atoms with Gasteiger partial charge in [0.2, 0.25) is 0 Å². The summed E-state index contributed by atoms with van der Waals surface area (Å²) in [5.41, 5.74) is 7.63. The molecule has 2 heterocycles. The summed E-state index contributed by atoms with van der Waals surface area (Å²) in [5, 5.41) is 13.7. The van der Waals surface area contributed by atoms with Crippen molar-refractivity contribution in [2.75, 3.05) is 13.2 Å². The first-order chi connectivity index (χ1) is 10.8. The van der Waals surface area contributed by atoms with Crippen molar-refractivity contribution in [3.63, 3.8) is 0 Å². The van der Waals surface area contributed by atoms with Crippen LogP contribution in [0.5, 0.6) is 0 Å². The Hall–Kier alpha value is -2.01. The molecule has 3 N–H and O–H groups in total. The van der Waals surface area contributed by atoms with Gasteiger partial charge < -0.3 is 20.1 Å². The lowest BCUT2D eigenvalue weighted by molar-refractivity contribution is 0.0583. The van der Waals surface area contributed by atoms with Gasteiger partial charge in [0, 0.05) is 24.2 Å². The Labute approximate surface area is 128 Å². The van der Waals surface area contributed by atoms with Gasteiger partial charge in [0.1, 0.15) is 11.4 Å². The molecule has 2 aromatic rings. The molecule has 5 heteroatoms. The predicted molar refractivity (Wildman–Crippen MR) is 83.0 cm³/mol. The Bertz CT molecular complexity index is 718. The molecule has 1 aromatic carbocycles. The van der Waals surface area contributed by atoms with Crippen molar-refractivity contribution in [3.8, 4) is 0 Å². The minimum Gasteiger partial charge on any atom is -0.464 e. The summed E-state index contributed by atoms with van der Waals surface area (Å²) in [4.78, 5) is 0. The van der Waals surface area contributed by atoms with Crippen LogP contribution < -0.4 is 5.73 Å². The number of oxime groups is 1. The molecule has 22 heavy (non-hydrogen) atoms. The molecule has 5 nitrogen and oxygen atoms in total. The minimum absolute atomic E-state index is 0.301. The first-order valence-electron chi connectivity index (χ1n) is 7.80. The van der Waals surface area contributed by atoms with Crippen LogP contribution in [-0.4, -0.2) is 24.3 Å². The highest BCUT2D eigenvalue weighted by Crippen LogP contribution is 2.61. The van der Waals surface area contributed by atoms with Crippen molar-refractivity contribution in [1.82, 2.24) is 0 Å². The number of rotatable bonds is 3. The average Bonchev–Trinajstić information content (AvgIpc) is 3.19. The highest BCUT2D eigenvalue weighted by atomic mass is 16.5. The van der Waals surface area contributed by atoms with Gasteiger partial charge in [-0.15, -0.1) is 0 Å². The number of furan rings is 1. The fourth-order valence-corrected chi connectivity index (χ4v) is 4.13. The normalized spacial score (nSPS) is 29.8. The quantitative estimate of drug-likeness (QED) is 0.395. The monoisotopic (exact) mass is 300 g/mol. The van der Waals surface area contributed by atoms with E-state index in [1.54, 1.807) is 6.26 Å². The van der Waals surface area contributed by atoms with Gasteiger partial charge in [0.05, 0.1) is 11.7 Å². The van der Waals surface area contributed by atoms with Crippen LogP contribution >= 0.6 is 0 Å². The van der Waals surface area contributed by atoms with Crippen LogP contribution in [0.2, 0.25) is 0 Å². The molecule has 1 saturated carbocycles. The maximum absolute atomic E-state index is 9.31. The highest BCUT2D eigenvalue weighted by molar-refractivity contribution is 5.99. The standard InChI is InChI=1S/C17H20N2O3/c18-16(19-20)17(9-13(17)11-5-7-21-8-6-11)14-10-22-15-4-2-1-3-12(14)15/h1-4,10-11,13,20H,5-9H2,(H2,18,19). The molecule has 2 unspecified atom stereocenters. The fraction of sp³-hybridized carbons (Fsp3) is 0.471. The van der Waals surface area contributed by atoms with E-state index >= 15 is 0 Å². The van der Waals surface area contributed by atoms with Crippen LogP contribution in [-0.2, 0) is 10.2 Å². The third-order valence-corrected chi connectivity index (χ3v) is 5.38. The van der Waals surface area contributed by atoms with E-state index in [0.717, 1.165) is 49.0 Å². The van der Waals surface area contributed by atoms with Crippen LogP contribution in [0.3, 0.4) is 0 Å². The first-order valence-corrected chi connectivity index (χ1v) is 7.80. The van der Waals surface area contributed by atoms with Gasteiger partial charge in [-0.2, -0.15) is 0 Å². The van der Waals surface area contributed by atoms with E-state index in [0.29, 0.717) is 17.7 Å². The molecule has 0 amide bonds. The maximum Gasteiger partial charge on any atom is 0.150 e.